The molecule has 0 unspecified atom stereocenters. The number of carbonyl (C=O) groups is 2. The minimum absolute atomic E-state index is 0.292. The summed E-state index contributed by atoms with van der Waals surface area (Å²) in [5, 5.41) is 0. The maximum absolute atomic E-state index is 12.9. The molecule has 0 spiro atoms. The van der Waals surface area contributed by atoms with Crippen LogP contribution in [0.15, 0.2) is 24.3 Å². The summed E-state index contributed by atoms with van der Waals surface area (Å²) in [6, 6.07) is 5.56. The summed E-state index contributed by atoms with van der Waals surface area (Å²) in [7, 11) is -2.17. The van der Waals surface area contributed by atoms with Crippen LogP contribution in [-0.4, -0.2) is 82.4 Å². The van der Waals surface area contributed by atoms with E-state index >= 15 is 0 Å². The Hall–Kier alpha value is -2.49. The van der Waals surface area contributed by atoms with Crippen LogP contribution in [0.2, 0.25) is 0 Å². The zero-order chi connectivity index (χ0) is 20.9. The quantitative estimate of drug-likeness (QED) is 0.694. The number of amides is 2. The van der Waals surface area contributed by atoms with E-state index < -0.39 is 22.2 Å². The molecule has 1 aromatic carbocycles. The number of sulfonamides is 1. The van der Waals surface area contributed by atoms with Crippen LogP contribution < -0.4 is 9.04 Å². The topological polar surface area (TPSA) is 96.5 Å². The van der Waals surface area contributed by atoms with Gasteiger partial charge in [0.2, 0.25) is 15.9 Å². The van der Waals surface area contributed by atoms with E-state index in [1.165, 1.54) is 12.0 Å². The molecule has 2 amide bonds. The molecule has 9 nitrogen and oxygen atoms in total. The lowest BCUT2D eigenvalue weighted by atomic mass is 10.2. The largest absolute Gasteiger partial charge is 0.497 e. The van der Waals surface area contributed by atoms with Crippen molar-refractivity contribution in [1.82, 2.24) is 9.80 Å². The molecule has 0 aromatic heterocycles. The van der Waals surface area contributed by atoms with Gasteiger partial charge < -0.3 is 19.3 Å². The molecule has 28 heavy (non-hydrogen) atoms. The molecule has 1 aromatic rings. The van der Waals surface area contributed by atoms with Crippen molar-refractivity contribution in [1.29, 1.82) is 0 Å². The Morgan fingerprint density at radius 1 is 1.11 bits per heavy atom. The van der Waals surface area contributed by atoms with Crippen molar-refractivity contribution in [2.75, 3.05) is 50.5 Å². The second-order valence-electron chi connectivity index (χ2n) is 6.44. The van der Waals surface area contributed by atoms with Crippen molar-refractivity contribution in [3.8, 4) is 5.75 Å². The molecule has 0 N–H and O–H groups in total. The van der Waals surface area contributed by atoms with Crippen molar-refractivity contribution in [2.24, 2.45) is 0 Å². The van der Waals surface area contributed by atoms with Gasteiger partial charge in [-0.3, -0.25) is 9.10 Å². The maximum atomic E-state index is 12.9. The Balaban J connectivity index is 2.13. The van der Waals surface area contributed by atoms with E-state index in [0.29, 0.717) is 44.2 Å². The Bertz CT molecular complexity index is 788. The number of ether oxygens (including phenoxy) is 2. The number of hydrogen-bond donors (Lipinski definition) is 0. The molecule has 0 bridgehead atoms. The van der Waals surface area contributed by atoms with Gasteiger partial charge in [-0.05, 0) is 38.1 Å². The van der Waals surface area contributed by atoms with Crippen molar-refractivity contribution in [2.45, 2.75) is 19.9 Å². The minimum atomic E-state index is -3.69. The van der Waals surface area contributed by atoms with Gasteiger partial charge >= 0.3 is 6.09 Å². The predicted octanol–water partition coefficient (Wildman–Crippen LogP) is 1.15. The molecule has 1 saturated heterocycles. The molecule has 1 aliphatic rings. The van der Waals surface area contributed by atoms with Crippen LogP contribution in [0.1, 0.15) is 13.8 Å². The van der Waals surface area contributed by atoms with Gasteiger partial charge in [0.25, 0.3) is 0 Å². The van der Waals surface area contributed by atoms with E-state index in [-0.39, 0.29) is 5.91 Å². The molecule has 0 saturated carbocycles. The van der Waals surface area contributed by atoms with E-state index in [0.717, 1.165) is 10.6 Å². The average Bonchev–Trinajstić information content (AvgIpc) is 2.67. The van der Waals surface area contributed by atoms with Gasteiger partial charge in [0.05, 0.1) is 25.7 Å². The first-order chi connectivity index (χ1) is 13.2. The lowest BCUT2D eigenvalue weighted by molar-refractivity contribution is -0.133. The third kappa shape index (κ3) is 5.06. The van der Waals surface area contributed by atoms with Crippen LogP contribution in [-0.2, 0) is 19.6 Å². The molecule has 2 rings (SSSR count). The molecule has 10 heteroatoms. The third-order valence-corrected chi connectivity index (χ3v) is 5.75. The minimum Gasteiger partial charge on any atom is -0.497 e. The summed E-state index contributed by atoms with van der Waals surface area (Å²) in [5.41, 5.74) is 0.384. The molecule has 0 aliphatic carbocycles. The number of anilines is 1. The van der Waals surface area contributed by atoms with Gasteiger partial charge in [0.15, 0.2) is 0 Å². The van der Waals surface area contributed by atoms with Gasteiger partial charge in [-0.25, -0.2) is 13.2 Å². The summed E-state index contributed by atoms with van der Waals surface area (Å²) >= 11 is 0. The predicted molar refractivity (Wildman–Crippen MR) is 105 cm³/mol. The summed E-state index contributed by atoms with van der Waals surface area (Å²) < 4.78 is 35.9. The lowest BCUT2D eigenvalue weighted by Gasteiger charge is -2.37. The number of rotatable bonds is 6. The Morgan fingerprint density at radius 2 is 1.64 bits per heavy atom. The maximum Gasteiger partial charge on any atom is 0.409 e. The molecule has 1 fully saturated rings. The highest BCUT2D eigenvalue weighted by Crippen LogP contribution is 2.24. The molecule has 1 aliphatic heterocycles. The third-order valence-electron chi connectivity index (χ3n) is 4.51. The molecule has 156 valence electrons. The van der Waals surface area contributed by atoms with E-state index in [4.69, 9.17) is 9.47 Å². The number of methoxy groups -OCH3 is 1. The number of benzene rings is 1. The van der Waals surface area contributed by atoms with Crippen LogP contribution in [0.25, 0.3) is 0 Å². The van der Waals surface area contributed by atoms with E-state index in [1.807, 2.05) is 0 Å². The first kappa shape index (κ1) is 21.8. The van der Waals surface area contributed by atoms with E-state index in [9.17, 15) is 18.0 Å². The molecule has 0 radical (unpaired) electrons. The van der Waals surface area contributed by atoms with Crippen LogP contribution in [0, 0.1) is 0 Å². The van der Waals surface area contributed by atoms with Crippen molar-refractivity contribution in [3.63, 3.8) is 0 Å². The van der Waals surface area contributed by atoms with Crippen molar-refractivity contribution < 1.29 is 27.5 Å². The van der Waals surface area contributed by atoms with E-state index in [1.54, 1.807) is 43.0 Å². The van der Waals surface area contributed by atoms with E-state index in [2.05, 4.69) is 0 Å². The number of nitrogens with zero attached hydrogens (tertiary/aromatic N) is 3. The highest BCUT2D eigenvalue weighted by molar-refractivity contribution is 7.92. The monoisotopic (exact) mass is 413 g/mol. The lowest BCUT2D eigenvalue weighted by Crippen LogP contribution is -2.56. The number of carbonyl (C=O) groups excluding carboxylic acids is 2. The fraction of sp³-hybridized carbons (Fsp3) is 0.556. The second-order valence-corrected chi connectivity index (χ2v) is 8.30. The molecular formula is C18H27N3O6S. The number of hydrogen-bond acceptors (Lipinski definition) is 6. The van der Waals surface area contributed by atoms with Crippen LogP contribution in [0.5, 0.6) is 5.75 Å². The highest BCUT2D eigenvalue weighted by atomic mass is 32.2. The van der Waals surface area contributed by atoms with Gasteiger partial charge in [0, 0.05) is 26.2 Å². The van der Waals surface area contributed by atoms with Crippen LogP contribution in [0.3, 0.4) is 0 Å². The highest BCUT2D eigenvalue weighted by Gasteiger charge is 2.34. The fourth-order valence-electron chi connectivity index (χ4n) is 3.12. The summed E-state index contributed by atoms with van der Waals surface area (Å²) in [6.45, 7) is 4.92. The Labute approximate surface area is 165 Å². The first-order valence-electron chi connectivity index (χ1n) is 9.03. The van der Waals surface area contributed by atoms with Crippen molar-refractivity contribution in [3.05, 3.63) is 24.3 Å². The SMILES string of the molecule is CCOC(=O)N1CCN(C(=O)[C@@H](C)N(c2ccc(OC)cc2)S(C)(=O)=O)CC1. The zero-order valence-electron chi connectivity index (χ0n) is 16.6. The number of piperazine rings is 1. The van der Waals surface area contributed by atoms with Gasteiger partial charge in [0.1, 0.15) is 11.8 Å². The van der Waals surface area contributed by atoms with Gasteiger partial charge in [-0.2, -0.15) is 0 Å². The smallest absolute Gasteiger partial charge is 0.409 e. The van der Waals surface area contributed by atoms with Gasteiger partial charge in [-0.15, -0.1) is 0 Å². The zero-order valence-corrected chi connectivity index (χ0v) is 17.4. The molecule has 1 heterocycles. The second kappa shape index (κ2) is 9.13. The Morgan fingerprint density at radius 3 is 2.11 bits per heavy atom. The average molecular weight is 413 g/mol. The molecule has 1 atom stereocenters. The summed E-state index contributed by atoms with van der Waals surface area (Å²) in [6.07, 6.45) is 0.665. The summed E-state index contributed by atoms with van der Waals surface area (Å²) in [4.78, 5) is 27.8. The molecular weight excluding hydrogens is 386 g/mol. The standard InChI is InChI=1S/C18H27N3O6S/c1-5-27-18(23)20-12-10-19(11-13-20)17(22)14(2)21(28(4,24)25)15-6-8-16(26-3)9-7-15/h6-9,14H,5,10-13H2,1-4H3/t14-/m1/s1. The Kier molecular flexibility index (Phi) is 7.11. The fourth-order valence-corrected chi connectivity index (χ4v) is 4.29. The van der Waals surface area contributed by atoms with Crippen LogP contribution in [0.4, 0.5) is 10.5 Å². The first-order valence-corrected chi connectivity index (χ1v) is 10.9. The summed E-state index contributed by atoms with van der Waals surface area (Å²) in [5.74, 6) is 0.274. The normalized spacial score (nSPS) is 15.7. The van der Waals surface area contributed by atoms with Crippen LogP contribution >= 0.6 is 0 Å². The van der Waals surface area contributed by atoms with Crippen molar-refractivity contribution >= 4 is 27.7 Å². The van der Waals surface area contributed by atoms with Gasteiger partial charge in [-0.1, -0.05) is 0 Å².